The smallest absolute Gasteiger partial charge is 0.321 e. The Morgan fingerprint density at radius 1 is 1.40 bits per heavy atom. The number of rotatable bonds is 5. The van der Waals surface area contributed by atoms with E-state index >= 15 is 0 Å². The van der Waals surface area contributed by atoms with Crippen molar-refractivity contribution in [2.45, 2.75) is 20.3 Å². The standard InChI is InChI=1S/C14H19FN2O3/c1-4-14(2,12(18)19)9-16-13(20)17(3)11-8-6-5-7-10(11)15/h5-8H,4,9H2,1-3H3,(H,16,20)(H,18,19). The van der Waals surface area contributed by atoms with Gasteiger partial charge in [-0.3, -0.25) is 9.69 Å². The Balaban J connectivity index is 2.73. The van der Waals surface area contributed by atoms with Crippen LogP contribution >= 0.6 is 0 Å². The molecule has 1 aromatic carbocycles. The third-order valence-corrected chi connectivity index (χ3v) is 3.44. The van der Waals surface area contributed by atoms with Crippen LogP contribution in [0.25, 0.3) is 0 Å². The van der Waals surface area contributed by atoms with Crippen LogP contribution in [0.2, 0.25) is 0 Å². The molecular formula is C14H19FN2O3. The summed E-state index contributed by atoms with van der Waals surface area (Å²) >= 11 is 0. The first-order valence-electron chi connectivity index (χ1n) is 6.31. The molecule has 0 aliphatic heterocycles. The summed E-state index contributed by atoms with van der Waals surface area (Å²) in [5.74, 6) is -1.49. The average molecular weight is 282 g/mol. The molecule has 0 spiro atoms. The number of anilines is 1. The number of nitrogens with zero attached hydrogens (tertiary/aromatic N) is 1. The highest BCUT2D eigenvalue weighted by Gasteiger charge is 2.32. The van der Waals surface area contributed by atoms with Gasteiger partial charge in [-0.25, -0.2) is 9.18 Å². The molecule has 20 heavy (non-hydrogen) atoms. The fraction of sp³-hybridized carbons (Fsp3) is 0.429. The number of urea groups is 1. The molecule has 6 heteroatoms. The van der Waals surface area contributed by atoms with Gasteiger partial charge >= 0.3 is 12.0 Å². The van der Waals surface area contributed by atoms with Gasteiger partial charge in [-0.05, 0) is 25.5 Å². The van der Waals surface area contributed by atoms with Gasteiger partial charge in [0.05, 0.1) is 11.1 Å². The van der Waals surface area contributed by atoms with Gasteiger partial charge in [0.25, 0.3) is 0 Å². The minimum Gasteiger partial charge on any atom is -0.481 e. The summed E-state index contributed by atoms with van der Waals surface area (Å²) < 4.78 is 13.6. The van der Waals surface area contributed by atoms with E-state index in [0.29, 0.717) is 6.42 Å². The predicted molar refractivity (Wildman–Crippen MR) is 74.2 cm³/mol. The van der Waals surface area contributed by atoms with Crippen LogP contribution in [-0.4, -0.2) is 30.7 Å². The van der Waals surface area contributed by atoms with Crippen LogP contribution < -0.4 is 10.2 Å². The van der Waals surface area contributed by atoms with Crippen LogP contribution in [0.5, 0.6) is 0 Å². The molecule has 0 radical (unpaired) electrons. The summed E-state index contributed by atoms with van der Waals surface area (Å²) in [4.78, 5) is 24.2. The normalized spacial score (nSPS) is 13.4. The molecule has 0 aliphatic carbocycles. The van der Waals surface area contributed by atoms with Crippen LogP contribution in [0.4, 0.5) is 14.9 Å². The number of nitrogens with one attached hydrogen (secondary N) is 1. The molecule has 0 bridgehead atoms. The number of carbonyl (C=O) groups excluding carboxylic acids is 1. The Labute approximate surface area is 117 Å². The highest BCUT2D eigenvalue weighted by atomic mass is 19.1. The van der Waals surface area contributed by atoms with Crippen molar-refractivity contribution in [1.82, 2.24) is 5.32 Å². The molecule has 1 unspecified atom stereocenters. The molecule has 5 nitrogen and oxygen atoms in total. The lowest BCUT2D eigenvalue weighted by atomic mass is 9.88. The highest BCUT2D eigenvalue weighted by Crippen LogP contribution is 2.21. The first-order valence-corrected chi connectivity index (χ1v) is 6.31. The lowest BCUT2D eigenvalue weighted by Crippen LogP contribution is -2.45. The molecule has 2 amide bonds. The van der Waals surface area contributed by atoms with Crippen molar-refractivity contribution < 1.29 is 19.1 Å². The number of halogens is 1. The molecule has 0 aromatic heterocycles. The quantitative estimate of drug-likeness (QED) is 0.871. The Hall–Kier alpha value is -2.11. The first-order chi connectivity index (χ1) is 9.31. The van der Waals surface area contributed by atoms with Gasteiger partial charge in [0.2, 0.25) is 0 Å². The molecular weight excluding hydrogens is 263 g/mol. The van der Waals surface area contributed by atoms with Crippen molar-refractivity contribution in [3.8, 4) is 0 Å². The second kappa shape index (κ2) is 6.36. The molecule has 0 saturated heterocycles. The van der Waals surface area contributed by atoms with Gasteiger partial charge in [0.1, 0.15) is 5.82 Å². The monoisotopic (exact) mass is 282 g/mol. The maximum Gasteiger partial charge on any atom is 0.321 e. The van der Waals surface area contributed by atoms with Crippen molar-refractivity contribution in [1.29, 1.82) is 0 Å². The number of hydrogen-bond donors (Lipinski definition) is 2. The summed E-state index contributed by atoms with van der Waals surface area (Å²) in [6, 6.07) is 5.34. The zero-order valence-electron chi connectivity index (χ0n) is 11.8. The summed E-state index contributed by atoms with van der Waals surface area (Å²) in [5.41, 5.74) is -0.898. The highest BCUT2D eigenvalue weighted by molar-refractivity contribution is 5.91. The molecule has 0 heterocycles. The third kappa shape index (κ3) is 3.46. The predicted octanol–water partition coefficient (Wildman–Crippen LogP) is 2.47. The molecule has 0 fully saturated rings. The van der Waals surface area contributed by atoms with Crippen LogP contribution in [0, 0.1) is 11.2 Å². The van der Waals surface area contributed by atoms with E-state index in [2.05, 4.69) is 5.32 Å². The fourth-order valence-electron chi connectivity index (χ4n) is 1.57. The number of para-hydroxylation sites is 1. The number of benzene rings is 1. The van der Waals surface area contributed by atoms with Gasteiger partial charge in [-0.15, -0.1) is 0 Å². The second-order valence-electron chi connectivity index (χ2n) is 4.89. The van der Waals surface area contributed by atoms with Crippen LogP contribution in [0.15, 0.2) is 24.3 Å². The van der Waals surface area contributed by atoms with Crippen molar-refractivity contribution in [2.24, 2.45) is 5.41 Å². The Morgan fingerprint density at radius 2 is 2.00 bits per heavy atom. The van der Waals surface area contributed by atoms with E-state index in [1.165, 1.54) is 25.2 Å². The molecule has 1 atom stereocenters. The number of carbonyl (C=O) groups is 2. The zero-order valence-corrected chi connectivity index (χ0v) is 11.8. The zero-order chi connectivity index (χ0) is 15.3. The largest absolute Gasteiger partial charge is 0.481 e. The van der Waals surface area contributed by atoms with Crippen LogP contribution in [0.1, 0.15) is 20.3 Å². The van der Waals surface area contributed by atoms with E-state index in [0.717, 1.165) is 4.90 Å². The number of hydrogen-bond acceptors (Lipinski definition) is 2. The molecule has 110 valence electrons. The molecule has 1 aromatic rings. The minimum absolute atomic E-state index is 0.0174. The van der Waals surface area contributed by atoms with Crippen molar-refractivity contribution in [2.75, 3.05) is 18.5 Å². The Morgan fingerprint density at radius 3 is 2.50 bits per heavy atom. The Kier molecular flexibility index (Phi) is 5.07. The number of amides is 2. The SMILES string of the molecule is CCC(C)(CNC(=O)N(C)c1ccccc1F)C(=O)O. The van der Waals surface area contributed by atoms with Crippen molar-refractivity contribution in [3.05, 3.63) is 30.1 Å². The van der Waals surface area contributed by atoms with E-state index in [1.807, 2.05) is 0 Å². The van der Waals surface area contributed by atoms with Crippen LogP contribution in [0.3, 0.4) is 0 Å². The summed E-state index contributed by atoms with van der Waals surface area (Å²) in [7, 11) is 1.43. The molecule has 0 saturated carbocycles. The van der Waals surface area contributed by atoms with Crippen molar-refractivity contribution >= 4 is 17.7 Å². The van der Waals surface area contributed by atoms with E-state index in [4.69, 9.17) is 5.11 Å². The maximum absolute atomic E-state index is 13.6. The first kappa shape index (κ1) is 15.9. The molecule has 1 rings (SSSR count). The van der Waals surface area contributed by atoms with E-state index < -0.39 is 23.2 Å². The number of carboxylic acid groups (broad SMARTS) is 1. The molecule has 0 aliphatic rings. The average Bonchev–Trinajstić information content (AvgIpc) is 2.43. The minimum atomic E-state index is -1.04. The summed E-state index contributed by atoms with van der Waals surface area (Å²) in [5, 5.41) is 11.6. The van der Waals surface area contributed by atoms with Crippen molar-refractivity contribution in [3.63, 3.8) is 0 Å². The van der Waals surface area contributed by atoms with Gasteiger partial charge in [0, 0.05) is 13.6 Å². The van der Waals surface area contributed by atoms with E-state index in [9.17, 15) is 14.0 Å². The third-order valence-electron chi connectivity index (χ3n) is 3.44. The molecule has 2 N–H and O–H groups in total. The Bertz CT molecular complexity index is 507. The van der Waals surface area contributed by atoms with Gasteiger partial charge in [0.15, 0.2) is 0 Å². The lowest BCUT2D eigenvalue weighted by molar-refractivity contribution is -0.147. The van der Waals surface area contributed by atoms with Gasteiger partial charge in [-0.1, -0.05) is 19.1 Å². The topological polar surface area (TPSA) is 69.6 Å². The van der Waals surface area contributed by atoms with Gasteiger partial charge < -0.3 is 10.4 Å². The fourth-order valence-corrected chi connectivity index (χ4v) is 1.57. The van der Waals surface area contributed by atoms with E-state index in [-0.39, 0.29) is 12.2 Å². The van der Waals surface area contributed by atoms with Crippen LogP contribution in [-0.2, 0) is 4.79 Å². The number of aliphatic carboxylic acids is 1. The van der Waals surface area contributed by atoms with Gasteiger partial charge in [-0.2, -0.15) is 0 Å². The second-order valence-corrected chi connectivity index (χ2v) is 4.89. The lowest BCUT2D eigenvalue weighted by Gasteiger charge is -2.25. The maximum atomic E-state index is 13.6. The van der Waals surface area contributed by atoms with E-state index in [1.54, 1.807) is 19.9 Å². The summed E-state index contributed by atoms with van der Waals surface area (Å²) in [6.45, 7) is 3.27. The number of carboxylic acids is 1. The summed E-state index contributed by atoms with van der Waals surface area (Å²) in [6.07, 6.45) is 0.381.